The maximum atomic E-state index is 13.5. The average molecular weight is 405 g/mol. The summed E-state index contributed by atoms with van der Waals surface area (Å²) in [6.45, 7) is 0. The molecule has 0 radical (unpaired) electrons. The largest absolute Gasteiger partial charge is 0.328 e. The number of nitro benzene ring substituents is 1. The number of carbonyl (C=O) groups is 1. The van der Waals surface area contributed by atoms with Gasteiger partial charge in [0.1, 0.15) is 11.9 Å². The lowest BCUT2D eigenvalue weighted by molar-refractivity contribution is -0.384. The van der Waals surface area contributed by atoms with Gasteiger partial charge in [-0.25, -0.2) is 9.07 Å². The van der Waals surface area contributed by atoms with Crippen LogP contribution >= 0.6 is 0 Å². The van der Waals surface area contributed by atoms with Crippen LogP contribution in [0.1, 0.15) is 30.9 Å². The molecule has 150 valence electrons. The number of aromatic nitrogens is 3. The molecule has 2 heterocycles. The van der Waals surface area contributed by atoms with E-state index in [1.54, 1.807) is 28.9 Å². The maximum Gasteiger partial charge on any atom is 0.270 e. The summed E-state index contributed by atoms with van der Waals surface area (Å²) in [5.41, 5.74) is 2.56. The van der Waals surface area contributed by atoms with Gasteiger partial charge in [-0.1, -0.05) is 24.3 Å². The third kappa shape index (κ3) is 2.95. The molecule has 9 heteroatoms. The minimum atomic E-state index is -0.537. The SMILES string of the molecule is O=C1CCCC2=C1C(c1ccc(F)cc1)n1nc(-c3cccc([N+](=O)[O-])c3)nc1N2. The number of benzene rings is 2. The molecule has 0 saturated heterocycles. The minimum absolute atomic E-state index is 0.0242. The van der Waals surface area contributed by atoms with E-state index < -0.39 is 11.0 Å². The number of fused-ring (bicyclic) bond motifs is 1. The Morgan fingerprint density at radius 2 is 1.97 bits per heavy atom. The fraction of sp³-hybridized carbons (Fsp3) is 0.190. The molecule has 1 N–H and O–H groups in total. The van der Waals surface area contributed by atoms with Crippen LogP contribution in [0, 0.1) is 15.9 Å². The van der Waals surface area contributed by atoms with Gasteiger partial charge in [0.15, 0.2) is 11.6 Å². The van der Waals surface area contributed by atoms with Gasteiger partial charge >= 0.3 is 0 Å². The predicted molar refractivity (Wildman–Crippen MR) is 106 cm³/mol. The molecule has 1 aliphatic heterocycles. The number of Topliss-reactive ketones (excluding diaryl/α,β-unsaturated/α-hetero) is 1. The molecule has 1 unspecified atom stereocenters. The Hall–Kier alpha value is -3.88. The zero-order valence-electron chi connectivity index (χ0n) is 15.7. The van der Waals surface area contributed by atoms with Crippen molar-refractivity contribution >= 4 is 17.4 Å². The van der Waals surface area contributed by atoms with E-state index >= 15 is 0 Å². The first-order chi connectivity index (χ1) is 14.5. The lowest BCUT2D eigenvalue weighted by Gasteiger charge is -2.32. The van der Waals surface area contributed by atoms with Crippen LogP contribution in [0.3, 0.4) is 0 Å². The monoisotopic (exact) mass is 405 g/mol. The molecule has 30 heavy (non-hydrogen) atoms. The number of nitrogens with one attached hydrogen (secondary N) is 1. The molecule has 0 amide bonds. The minimum Gasteiger partial charge on any atom is -0.328 e. The van der Waals surface area contributed by atoms with Gasteiger partial charge < -0.3 is 5.32 Å². The van der Waals surface area contributed by atoms with E-state index in [0.29, 0.717) is 35.8 Å². The summed E-state index contributed by atoms with van der Waals surface area (Å²) in [7, 11) is 0. The van der Waals surface area contributed by atoms with Crippen LogP contribution in [0.4, 0.5) is 16.0 Å². The van der Waals surface area contributed by atoms with E-state index in [0.717, 1.165) is 17.7 Å². The van der Waals surface area contributed by atoms with Crippen LogP contribution in [0.2, 0.25) is 0 Å². The molecule has 5 rings (SSSR count). The second-order valence-electron chi connectivity index (χ2n) is 7.26. The van der Waals surface area contributed by atoms with Gasteiger partial charge in [0.2, 0.25) is 5.95 Å². The van der Waals surface area contributed by atoms with Gasteiger partial charge in [0.05, 0.1) is 4.92 Å². The van der Waals surface area contributed by atoms with Crippen molar-refractivity contribution in [3.05, 3.63) is 81.3 Å². The van der Waals surface area contributed by atoms with Crippen molar-refractivity contribution in [3.63, 3.8) is 0 Å². The molecular weight excluding hydrogens is 389 g/mol. The number of halogens is 1. The number of carbonyl (C=O) groups excluding carboxylic acids is 1. The zero-order chi connectivity index (χ0) is 20.8. The average Bonchev–Trinajstić information content (AvgIpc) is 3.17. The van der Waals surface area contributed by atoms with Crippen molar-refractivity contribution in [2.24, 2.45) is 0 Å². The lowest BCUT2D eigenvalue weighted by atomic mass is 9.85. The van der Waals surface area contributed by atoms with Gasteiger partial charge in [-0.15, -0.1) is 5.10 Å². The molecule has 1 aliphatic carbocycles. The van der Waals surface area contributed by atoms with Crippen molar-refractivity contribution in [2.45, 2.75) is 25.3 Å². The molecule has 1 atom stereocenters. The molecule has 0 saturated carbocycles. The molecular formula is C21H16FN5O3. The third-order valence-electron chi connectivity index (χ3n) is 5.37. The molecule has 0 fully saturated rings. The standard InChI is InChI=1S/C21H16FN5O3/c22-14-9-7-12(8-10-14)19-18-16(5-2-6-17(18)28)23-21-24-20(25-26(19)21)13-3-1-4-15(11-13)27(29)30/h1,3-4,7-11,19H,2,5-6H2,(H,23,24,25). The Morgan fingerprint density at radius 3 is 2.73 bits per heavy atom. The van der Waals surface area contributed by atoms with Crippen molar-refractivity contribution in [2.75, 3.05) is 5.32 Å². The Bertz CT molecular complexity index is 1220. The second kappa shape index (κ2) is 6.87. The van der Waals surface area contributed by atoms with Crippen molar-refractivity contribution in [1.29, 1.82) is 0 Å². The summed E-state index contributed by atoms with van der Waals surface area (Å²) in [6, 6.07) is 11.5. The molecule has 0 bridgehead atoms. The summed E-state index contributed by atoms with van der Waals surface area (Å²) in [6.07, 6.45) is 1.89. The first-order valence-corrected chi connectivity index (χ1v) is 9.51. The number of nitrogens with zero attached hydrogens (tertiary/aromatic N) is 4. The summed E-state index contributed by atoms with van der Waals surface area (Å²) in [5, 5.41) is 18.9. The first kappa shape index (κ1) is 18.2. The third-order valence-corrected chi connectivity index (χ3v) is 5.37. The summed E-state index contributed by atoms with van der Waals surface area (Å²) in [5.74, 6) is 0.406. The van der Waals surface area contributed by atoms with E-state index in [9.17, 15) is 19.3 Å². The highest BCUT2D eigenvalue weighted by Crippen LogP contribution is 2.40. The van der Waals surface area contributed by atoms with Crippen LogP contribution in [0.25, 0.3) is 11.4 Å². The Kier molecular flexibility index (Phi) is 4.16. The summed E-state index contributed by atoms with van der Waals surface area (Å²) < 4.78 is 15.1. The highest BCUT2D eigenvalue weighted by molar-refractivity contribution is 5.99. The molecule has 3 aromatic rings. The van der Waals surface area contributed by atoms with Gasteiger partial charge in [-0.3, -0.25) is 14.9 Å². The first-order valence-electron chi connectivity index (χ1n) is 9.51. The predicted octanol–water partition coefficient (Wildman–Crippen LogP) is 4.01. The normalized spacial score (nSPS) is 17.9. The number of hydrogen-bond donors (Lipinski definition) is 1. The lowest BCUT2D eigenvalue weighted by Crippen LogP contribution is -2.31. The van der Waals surface area contributed by atoms with E-state index in [-0.39, 0.29) is 17.3 Å². The summed E-state index contributed by atoms with van der Waals surface area (Å²) >= 11 is 0. The summed E-state index contributed by atoms with van der Waals surface area (Å²) in [4.78, 5) is 28.0. The van der Waals surface area contributed by atoms with Crippen LogP contribution < -0.4 is 5.32 Å². The Morgan fingerprint density at radius 1 is 1.17 bits per heavy atom. The topological polar surface area (TPSA) is 103 Å². The highest BCUT2D eigenvalue weighted by atomic mass is 19.1. The van der Waals surface area contributed by atoms with Crippen molar-refractivity contribution in [1.82, 2.24) is 14.8 Å². The fourth-order valence-corrected chi connectivity index (χ4v) is 3.99. The van der Waals surface area contributed by atoms with Crippen LogP contribution in [0.5, 0.6) is 0 Å². The molecule has 2 aliphatic rings. The fourth-order valence-electron chi connectivity index (χ4n) is 3.99. The van der Waals surface area contributed by atoms with Gasteiger partial charge in [0, 0.05) is 35.4 Å². The quantitative estimate of drug-likeness (QED) is 0.522. The zero-order valence-corrected chi connectivity index (χ0v) is 15.7. The molecule has 8 nitrogen and oxygen atoms in total. The Labute approximate surface area is 170 Å². The maximum absolute atomic E-state index is 13.5. The van der Waals surface area contributed by atoms with Crippen LogP contribution in [-0.4, -0.2) is 25.5 Å². The van der Waals surface area contributed by atoms with Crippen molar-refractivity contribution < 1.29 is 14.1 Å². The van der Waals surface area contributed by atoms with E-state index in [1.165, 1.54) is 24.3 Å². The molecule has 2 aromatic carbocycles. The van der Waals surface area contributed by atoms with Crippen LogP contribution in [0.15, 0.2) is 59.8 Å². The van der Waals surface area contributed by atoms with Gasteiger partial charge in [-0.05, 0) is 30.5 Å². The highest BCUT2D eigenvalue weighted by Gasteiger charge is 2.37. The van der Waals surface area contributed by atoms with E-state index in [4.69, 9.17) is 0 Å². The van der Waals surface area contributed by atoms with E-state index in [2.05, 4.69) is 15.4 Å². The van der Waals surface area contributed by atoms with Gasteiger partial charge in [0.25, 0.3) is 5.69 Å². The van der Waals surface area contributed by atoms with Crippen molar-refractivity contribution in [3.8, 4) is 11.4 Å². The smallest absolute Gasteiger partial charge is 0.270 e. The Balaban J connectivity index is 1.65. The second-order valence-corrected chi connectivity index (χ2v) is 7.26. The number of nitro groups is 1. The number of anilines is 1. The van der Waals surface area contributed by atoms with Gasteiger partial charge in [-0.2, -0.15) is 4.98 Å². The molecule has 0 spiro atoms. The number of hydrogen-bond acceptors (Lipinski definition) is 6. The van der Waals surface area contributed by atoms with E-state index in [1.807, 2.05) is 0 Å². The number of allylic oxidation sites excluding steroid dienone is 2. The molecule has 1 aromatic heterocycles. The number of rotatable bonds is 3. The number of non-ortho nitro benzene ring substituents is 1. The van der Waals surface area contributed by atoms with Crippen LogP contribution in [-0.2, 0) is 4.79 Å². The number of ketones is 1.